The van der Waals surface area contributed by atoms with Crippen LogP contribution in [0.3, 0.4) is 0 Å². The Bertz CT molecular complexity index is 1150. The molecule has 0 saturated heterocycles. The van der Waals surface area contributed by atoms with Crippen molar-refractivity contribution in [2.75, 3.05) is 12.4 Å². The van der Waals surface area contributed by atoms with Gasteiger partial charge >= 0.3 is 0 Å². The number of hydrogen-bond acceptors (Lipinski definition) is 5. The predicted molar refractivity (Wildman–Crippen MR) is 104 cm³/mol. The molecular formula is C22H15FN4O2. The largest absolute Gasteiger partial charge is 0.480 e. The molecule has 0 aliphatic heterocycles. The average molecular weight is 386 g/mol. The molecule has 142 valence electrons. The van der Waals surface area contributed by atoms with Gasteiger partial charge in [0.25, 0.3) is 0 Å². The number of pyridine rings is 1. The maximum atomic E-state index is 14.5. The van der Waals surface area contributed by atoms with Gasteiger partial charge in [0.1, 0.15) is 29.1 Å². The van der Waals surface area contributed by atoms with Crippen LogP contribution in [0.4, 0.5) is 10.2 Å². The second kappa shape index (κ2) is 8.64. The lowest BCUT2D eigenvalue weighted by atomic mass is 9.96. The van der Waals surface area contributed by atoms with Crippen molar-refractivity contribution >= 4 is 11.7 Å². The zero-order valence-electron chi connectivity index (χ0n) is 15.4. The zero-order valence-corrected chi connectivity index (χ0v) is 15.4. The third-order valence-corrected chi connectivity index (χ3v) is 4.19. The van der Waals surface area contributed by atoms with E-state index < -0.39 is 11.7 Å². The molecule has 7 heteroatoms. The molecule has 0 unspecified atom stereocenters. The number of benzene rings is 2. The lowest BCUT2D eigenvalue weighted by molar-refractivity contribution is -0.115. The molecule has 1 N–H and O–H groups in total. The Kier molecular flexibility index (Phi) is 5.82. The minimum Gasteiger partial charge on any atom is -0.480 e. The quantitative estimate of drug-likeness (QED) is 0.719. The van der Waals surface area contributed by atoms with Gasteiger partial charge < -0.3 is 10.1 Å². The van der Waals surface area contributed by atoms with E-state index in [9.17, 15) is 19.7 Å². The Balaban J connectivity index is 2.12. The number of nitrogens with zero attached hydrogens (tertiary/aromatic N) is 3. The molecule has 29 heavy (non-hydrogen) atoms. The van der Waals surface area contributed by atoms with E-state index in [1.54, 1.807) is 18.2 Å². The molecule has 3 rings (SSSR count). The van der Waals surface area contributed by atoms with Crippen LogP contribution in [0.5, 0.6) is 5.88 Å². The number of methoxy groups -OCH3 is 1. The van der Waals surface area contributed by atoms with Crippen molar-refractivity contribution in [3.05, 3.63) is 77.1 Å². The lowest BCUT2D eigenvalue weighted by Gasteiger charge is -2.15. The summed E-state index contributed by atoms with van der Waals surface area (Å²) < 4.78 is 19.6. The van der Waals surface area contributed by atoms with Crippen LogP contribution in [0.25, 0.3) is 11.1 Å². The van der Waals surface area contributed by atoms with Gasteiger partial charge in [0.2, 0.25) is 11.8 Å². The maximum absolute atomic E-state index is 14.5. The predicted octanol–water partition coefficient (Wildman–Crippen LogP) is 3.82. The topological polar surface area (TPSA) is 98.8 Å². The molecule has 0 spiro atoms. The molecule has 0 aliphatic carbocycles. The molecule has 1 amide bonds. The van der Waals surface area contributed by atoms with Crippen LogP contribution in [0.2, 0.25) is 0 Å². The van der Waals surface area contributed by atoms with Gasteiger partial charge in [-0.2, -0.15) is 15.5 Å². The molecule has 0 radical (unpaired) electrons. The summed E-state index contributed by atoms with van der Waals surface area (Å²) in [7, 11) is 1.30. The fourth-order valence-corrected chi connectivity index (χ4v) is 2.91. The van der Waals surface area contributed by atoms with Gasteiger partial charge in [-0.15, -0.1) is 0 Å². The molecule has 0 atom stereocenters. The summed E-state index contributed by atoms with van der Waals surface area (Å²) in [5.41, 5.74) is 0.636. The van der Waals surface area contributed by atoms with Gasteiger partial charge in [-0.1, -0.05) is 48.5 Å². The van der Waals surface area contributed by atoms with Crippen molar-refractivity contribution < 1.29 is 13.9 Å². The van der Waals surface area contributed by atoms with Crippen LogP contribution in [-0.4, -0.2) is 18.0 Å². The van der Waals surface area contributed by atoms with Crippen LogP contribution >= 0.6 is 0 Å². The second-order valence-electron chi connectivity index (χ2n) is 6.01. The lowest BCUT2D eigenvalue weighted by Crippen LogP contribution is -2.17. The molecule has 1 heterocycles. The second-order valence-corrected chi connectivity index (χ2v) is 6.01. The SMILES string of the molecule is COc1nc(NC(=O)Cc2ccccc2)c(C#N)c(-c2ccccc2F)c1C#N. The summed E-state index contributed by atoms with van der Waals surface area (Å²) in [5, 5.41) is 21.9. The molecule has 3 aromatic rings. The van der Waals surface area contributed by atoms with E-state index in [0.717, 1.165) is 5.56 Å². The van der Waals surface area contributed by atoms with Gasteiger partial charge in [0, 0.05) is 11.1 Å². The molecule has 2 aromatic carbocycles. The van der Waals surface area contributed by atoms with Gasteiger partial charge in [-0.3, -0.25) is 4.79 Å². The Labute approximate surface area is 166 Å². The van der Waals surface area contributed by atoms with E-state index in [1.165, 1.54) is 25.3 Å². The zero-order chi connectivity index (χ0) is 20.8. The molecule has 1 aromatic heterocycles. The van der Waals surface area contributed by atoms with E-state index in [1.807, 2.05) is 30.3 Å². The third kappa shape index (κ3) is 4.05. The van der Waals surface area contributed by atoms with E-state index in [0.29, 0.717) is 0 Å². The fourth-order valence-electron chi connectivity index (χ4n) is 2.91. The summed E-state index contributed by atoms with van der Waals surface area (Å²) in [5.74, 6) is -1.23. The number of rotatable bonds is 5. The van der Waals surface area contributed by atoms with E-state index in [4.69, 9.17) is 4.74 Å². The smallest absolute Gasteiger partial charge is 0.234 e. The molecule has 0 bridgehead atoms. The molecule has 0 fully saturated rings. The number of amides is 1. The Morgan fingerprint density at radius 2 is 1.72 bits per heavy atom. The van der Waals surface area contributed by atoms with Crippen molar-refractivity contribution in [2.45, 2.75) is 6.42 Å². The van der Waals surface area contributed by atoms with E-state index in [-0.39, 0.29) is 40.4 Å². The van der Waals surface area contributed by atoms with Crippen LogP contribution in [-0.2, 0) is 11.2 Å². The van der Waals surface area contributed by atoms with Gasteiger partial charge in [0.05, 0.1) is 13.5 Å². The third-order valence-electron chi connectivity index (χ3n) is 4.19. The highest BCUT2D eigenvalue weighted by molar-refractivity contribution is 5.95. The minimum atomic E-state index is -0.615. The average Bonchev–Trinajstić information content (AvgIpc) is 2.73. The Morgan fingerprint density at radius 3 is 2.34 bits per heavy atom. The highest BCUT2D eigenvalue weighted by Gasteiger charge is 2.24. The Morgan fingerprint density at radius 1 is 1.07 bits per heavy atom. The standard InChI is InChI=1S/C22H15FN4O2/c1-29-22-17(13-25)20(15-9-5-6-10-18(15)23)16(12-24)21(27-22)26-19(28)11-14-7-3-2-4-8-14/h2-10H,11H2,1H3,(H,26,27,28). The number of hydrogen-bond donors (Lipinski definition) is 1. The van der Waals surface area contributed by atoms with Crippen molar-refractivity contribution in [2.24, 2.45) is 0 Å². The molecule has 6 nitrogen and oxygen atoms in total. The monoisotopic (exact) mass is 386 g/mol. The van der Waals surface area contributed by atoms with Crippen molar-refractivity contribution in [1.29, 1.82) is 10.5 Å². The number of ether oxygens (including phenoxy) is 1. The highest BCUT2D eigenvalue weighted by Crippen LogP contribution is 2.37. The molecule has 0 saturated carbocycles. The minimum absolute atomic E-state index is 0.0231. The van der Waals surface area contributed by atoms with Gasteiger partial charge in [0.15, 0.2) is 5.82 Å². The summed E-state index contributed by atoms with van der Waals surface area (Å²) in [4.78, 5) is 16.6. The normalized spacial score (nSPS) is 9.93. The summed E-state index contributed by atoms with van der Waals surface area (Å²) >= 11 is 0. The first kappa shape index (κ1) is 19.5. The number of aromatic nitrogens is 1. The van der Waals surface area contributed by atoms with Crippen LogP contribution in [0.1, 0.15) is 16.7 Å². The van der Waals surface area contributed by atoms with Gasteiger partial charge in [-0.25, -0.2) is 4.39 Å². The Hall–Kier alpha value is -4.23. The van der Waals surface area contributed by atoms with E-state index >= 15 is 0 Å². The first-order valence-corrected chi connectivity index (χ1v) is 8.60. The van der Waals surface area contributed by atoms with E-state index in [2.05, 4.69) is 10.3 Å². The first-order valence-electron chi connectivity index (χ1n) is 8.60. The number of carbonyl (C=O) groups excluding carboxylic acids is 1. The summed E-state index contributed by atoms with van der Waals surface area (Å²) in [6.45, 7) is 0. The molecular weight excluding hydrogens is 371 g/mol. The first-order chi connectivity index (χ1) is 14.1. The summed E-state index contributed by atoms with van der Waals surface area (Å²) in [6.07, 6.45) is 0.0603. The maximum Gasteiger partial charge on any atom is 0.234 e. The number of halogens is 1. The number of carbonyl (C=O) groups is 1. The number of nitrogens with one attached hydrogen (secondary N) is 1. The van der Waals surface area contributed by atoms with Crippen LogP contribution in [0, 0.1) is 28.5 Å². The molecule has 0 aliphatic rings. The van der Waals surface area contributed by atoms with Crippen LogP contribution in [0.15, 0.2) is 54.6 Å². The fraction of sp³-hybridized carbons (Fsp3) is 0.0909. The van der Waals surface area contributed by atoms with Crippen molar-refractivity contribution in [3.8, 4) is 29.1 Å². The number of nitriles is 2. The summed E-state index contributed by atoms with van der Waals surface area (Å²) in [6, 6.07) is 18.6. The van der Waals surface area contributed by atoms with Crippen LogP contribution < -0.4 is 10.1 Å². The highest BCUT2D eigenvalue weighted by atomic mass is 19.1. The van der Waals surface area contributed by atoms with Crippen molar-refractivity contribution in [1.82, 2.24) is 4.98 Å². The number of anilines is 1. The van der Waals surface area contributed by atoms with Crippen molar-refractivity contribution in [3.63, 3.8) is 0 Å². The van der Waals surface area contributed by atoms with Gasteiger partial charge in [-0.05, 0) is 11.6 Å².